The van der Waals surface area contributed by atoms with Gasteiger partial charge in [0, 0.05) is 13.1 Å². The van der Waals surface area contributed by atoms with Gasteiger partial charge in [-0.05, 0) is 58.6 Å². The minimum atomic E-state index is -0.837. The number of unbranched alkanes of at least 4 members (excludes halogenated alkanes) is 2. The Balaban J connectivity index is 3.17. The van der Waals surface area contributed by atoms with E-state index in [9.17, 15) is 14.4 Å². The summed E-state index contributed by atoms with van der Waals surface area (Å²) in [6.07, 6.45) is 3.00. The van der Waals surface area contributed by atoms with E-state index in [4.69, 9.17) is 4.74 Å². The van der Waals surface area contributed by atoms with Gasteiger partial charge in [0.25, 0.3) is 0 Å². The molecule has 0 fully saturated rings. The molecule has 2 N–H and O–H groups in total. The van der Waals surface area contributed by atoms with Crippen LogP contribution >= 0.6 is 0 Å². The number of hydrogen-bond donors (Lipinski definition) is 2. The number of alkyl carbamates (subject to hydrolysis) is 1. The molecule has 0 aliphatic rings. The fourth-order valence-electron chi connectivity index (χ4n) is 3.43. The summed E-state index contributed by atoms with van der Waals surface area (Å²) in [4.78, 5) is 40.5. The lowest BCUT2D eigenvalue weighted by atomic mass is 9.98. The van der Waals surface area contributed by atoms with Crippen molar-refractivity contribution in [1.82, 2.24) is 15.5 Å². The monoisotopic (exact) mass is 447 g/mol. The fourth-order valence-corrected chi connectivity index (χ4v) is 3.43. The van der Waals surface area contributed by atoms with Crippen LogP contribution in [0, 0.1) is 6.92 Å². The van der Waals surface area contributed by atoms with Gasteiger partial charge in [-0.25, -0.2) is 4.79 Å². The Hall–Kier alpha value is -2.57. The van der Waals surface area contributed by atoms with Crippen molar-refractivity contribution in [2.24, 2.45) is 0 Å². The average Bonchev–Trinajstić information content (AvgIpc) is 2.70. The lowest BCUT2D eigenvalue weighted by Gasteiger charge is -2.34. The first-order valence-electron chi connectivity index (χ1n) is 11.6. The number of rotatable bonds is 11. The summed E-state index contributed by atoms with van der Waals surface area (Å²) in [6.45, 7) is 13.9. The summed E-state index contributed by atoms with van der Waals surface area (Å²) in [5.41, 5.74) is 1.05. The van der Waals surface area contributed by atoms with E-state index in [-0.39, 0.29) is 11.8 Å². The second kappa shape index (κ2) is 13.1. The second-order valence-corrected chi connectivity index (χ2v) is 9.16. The highest BCUT2D eigenvalue weighted by atomic mass is 16.6. The Morgan fingerprint density at radius 2 is 1.72 bits per heavy atom. The summed E-state index contributed by atoms with van der Waals surface area (Å²) < 4.78 is 5.29. The van der Waals surface area contributed by atoms with E-state index in [0.717, 1.165) is 30.4 Å². The van der Waals surface area contributed by atoms with E-state index in [0.29, 0.717) is 19.5 Å². The SMILES string of the molecule is CCCCCNC(=O)C(c1ccccc1C)N(CCC)C(=O)C(C)NC(=O)OC(C)(C)C. The predicted octanol–water partition coefficient (Wildman–Crippen LogP) is 4.49. The molecular weight excluding hydrogens is 406 g/mol. The van der Waals surface area contributed by atoms with Gasteiger partial charge in [-0.2, -0.15) is 0 Å². The first-order valence-corrected chi connectivity index (χ1v) is 11.6. The van der Waals surface area contributed by atoms with Crippen LogP contribution in [0.4, 0.5) is 4.79 Å². The topological polar surface area (TPSA) is 87.7 Å². The summed E-state index contributed by atoms with van der Waals surface area (Å²) in [5.74, 6) is -0.531. The van der Waals surface area contributed by atoms with Gasteiger partial charge < -0.3 is 20.3 Å². The summed E-state index contributed by atoms with van der Waals surface area (Å²) >= 11 is 0. The van der Waals surface area contributed by atoms with Crippen molar-refractivity contribution in [3.05, 3.63) is 35.4 Å². The number of carbonyl (C=O) groups is 3. The number of carbonyl (C=O) groups excluding carboxylic acids is 3. The van der Waals surface area contributed by atoms with E-state index in [1.54, 1.807) is 32.6 Å². The van der Waals surface area contributed by atoms with Crippen LogP contribution in [0.1, 0.15) is 84.4 Å². The molecule has 2 unspecified atom stereocenters. The highest BCUT2D eigenvalue weighted by molar-refractivity contribution is 5.92. The molecule has 0 spiro atoms. The smallest absolute Gasteiger partial charge is 0.408 e. The molecule has 7 nitrogen and oxygen atoms in total. The minimum absolute atomic E-state index is 0.207. The van der Waals surface area contributed by atoms with E-state index >= 15 is 0 Å². The zero-order valence-corrected chi connectivity index (χ0v) is 20.8. The van der Waals surface area contributed by atoms with Crippen LogP contribution in [0.2, 0.25) is 0 Å². The number of benzene rings is 1. The van der Waals surface area contributed by atoms with Gasteiger partial charge in [0.05, 0.1) is 0 Å². The molecule has 1 aromatic rings. The van der Waals surface area contributed by atoms with Gasteiger partial charge in [-0.1, -0.05) is 51.0 Å². The molecule has 0 saturated carbocycles. The molecule has 1 aromatic carbocycles. The average molecular weight is 448 g/mol. The predicted molar refractivity (Wildman–Crippen MR) is 127 cm³/mol. The van der Waals surface area contributed by atoms with E-state index in [1.807, 2.05) is 38.1 Å². The lowest BCUT2D eigenvalue weighted by Crippen LogP contribution is -2.52. The summed E-state index contributed by atoms with van der Waals surface area (Å²) in [6, 6.07) is 5.99. The third-order valence-corrected chi connectivity index (χ3v) is 4.97. The lowest BCUT2D eigenvalue weighted by molar-refractivity contribution is -0.142. The Morgan fingerprint density at radius 3 is 2.28 bits per heavy atom. The highest BCUT2D eigenvalue weighted by Gasteiger charge is 2.34. The van der Waals surface area contributed by atoms with Gasteiger partial charge in [0.2, 0.25) is 11.8 Å². The molecule has 3 amide bonds. The summed E-state index contributed by atoms with van der Waals surface area (Å²) in [7, 11) is 0. The van der Waals surface area contributed by atoms with Crippen molar-refractivity contribution in [2.75, 3.05) is 13.1 Å². The molecule has 0 aromatic heterocycles. The van der Waals surface area contributed by atoms with E-state index in [2.05, 4.69) is 17.6 Å². The van der Waals surface area contributed by atoms with Gasteiger partial charge in [-0.3, -0.25) is 9.59 Å². The molecule has 0 aliphatic heterocycles. The van der Waals surface area contributed by atoms with Crippen LogP contribution in [0.3, 0.4) is 0 Å². The number of aryl methyl sites for hydroxylation is 1. The van der Waals surface area contributed by atoms with E-state index < -0.39 is 23.8 Å². The van der Waals surface area contributed by atoms with Crippen molar-refractivity contribution in [3.63, 3.8) is 0 Å². The van der Waals surface area contributed by atoms with Crippen molar-refractivity contribution in [1.29, 1.82) is 0 Å². The van der Waals surface area contributed by atoms with Crippen molar-refractivity contribution < 1.29 is 19.1 Å². The fraction of sp³-hybridized carbons (Fsp3) is 0.640. The maximum Gasteiger partial charge on any atom is 0.408 e. The van der Waals surface area contributed by atoms with Crippen molar-refractivity contribution >= 4 is 17.9 Å². The number of ether oxygens (including phenoxy) is 1. The molecule has 32 heavy (non-hydrogen) atoms. The molecule has 0 radical (unpaired) electrons. The standard InChI is InChI=1S/C25H41N3O4/c1-8-10-13-16-26-22(29)21(20-15-12-11-14-18(20)3)28(17-9-2)23(30)19(4)27-24(31)32-25(5,6)7/h11-12,14-15,19,21H,8-10,13,16-17H2,1-7H3,(H,26,29)(H,27,31). The molecule has 0 bridgehead atoms. The van der Waals surface area contributed by atoms with Gasteiger partial charge in [0.1, 0.15) is 17.7 Å². The maximum atomic E-state index is 13.4. The van der Waals surface area contributed by atoms with Crippen LogP contribution in [0.25, 0.3) is 0 Å². The van der Waals surface area contributed by atoms with Crippen molar-refractivity contribution in [2.45, 2.75) is 91.8 Å². The zero-order valence-electron chi connectivity index (χ0n) is 20.8. The van der Waals surface area contributed by atoms with Crippen LogP contribution in [0.15, 0.2) is 24.3 Å². The van der Waals surface area contributed by atoms with Crippen molar-refractivity contribution in [3.8, 4) is 0 Å². The molecule has 7 heteroatoms. The van der Waals surface area contributed by atoms with Gasteiger partial charge >= 0.3 is 6.09 Å². The quantitative estimate of drug-likeness (QED) is 0.489. The number of nitrogens with zero attached hydrogens (tertiary/aromatic N) is 1. The molecule has 180 valence electrons. The Kier molecular flexibility index (Phi) is 11.2. The third-order valence-electron chi connectivity index (χ3n) is 4.97. The molecule has 0 saturated heterocycles. The van der Waals surface area contributed by atoms with Crippen LogP contribution in [0.5, 0.6) is 0 Å². The largest absolute Gasteiger partial charge is 0.444 e. The Morgan fingerprint density at radius 1 is 1.06 bits per heavy atom. The normalized spacial score (nSPS) is 13.1. The Bertz CT molecular complexity index is 758. The van der Waals surface area contributed by atoms with Crippen LogP contribution in [-0.2, 0) is 14.3 Å². The highest BCUT2D eigenvalue weighted by Crippen LogP contribution is 2.26. The molecule has 2 atom stereocenters. The number of nitrogens with one attached hydrogen (secondary N) is 2. The first kappa shape index (κ1) is 27.5. The second-order valence-electron chi connectivity index (χ2n) is 9.16. The third kappa shape index (κ3) is 8.89. The maximum absolute atomic E-state index is 13.4. The summed E-state index contributed by atoms with van der Waals surface area (Å²) in [5, 5.41) is 5.61. The molecule has 0 aliphatic carbocycles. The minimum Gasteiger partial charge on any atom is -0.444 e. The first-order chi connectivity index (χ1) is 15.0. The number of amides is 3. The molecule has 1 rings (SSSR count). The molecule has 0 heterocycles. The zero-order chi connectivity index (χ0) is 24.3. The van der Waals surface area contributed by atoms with Crippen LogP contribution < -0.4 is 10.6 Å². The Labute approximate surface area is 193 Å². The number of hydrogen-bond acceptors (Lipinski definition) is 4. The van der Waals surface area contributed by atoms with Gasteiger partial charge in [-0.15, -0.1) is 0 Å². The van der Waals surface area contributed by atoms with Crippen LogP contribution in [-0.4, -0.2) is 47.5 Å². The van der Waals surface area contributed by atoms with Gasteiger partial charge in [0.15, 0.2) is 0 Å². The van der Waals surface area contributed by atoms with E-state index in [1.165, 1.54) is 0 Å². The molecular formula is C25H41N3O4.